The first kappa shape index (κ1) is 34.3. The standard InChI is InChI=1S/C27H44F3N5O6/c1-25(2,3)13-17(35(7)23(40)19(26(4,5)6)34-24(41)27(28,29)30)21(38)33-16(12-14-10-11-31-20(14)37)18(36)22(39)32-15-8-9-15/h14-19,36H,8-13H2,1-7H3,(H,31,37)(H,32,39)(H,33,38)(H,34,41)/t14-,16?,17-,18?,19+/m0/s1. The van der Waals surface area contributed by atoms with Gasteiger partial charge < -0.3 is 31.3 Å². The smallest absolute Gasteiger partial charge is 0.381 e. The molecule has 2 rings (SSSR count). The lowest BCUT2D eigenvalue weighted by molar-refractivity contribution is -0.176. The number of hydrogen-bond acceptors (Lipinski definition) is 6. The number of amides is 5. The molecule has 0 spiro atoms. The minimum Gasteiger partial charge on any atom is -0.381 e. The van der Waals surface area contributed by atoms with Gasteiger partial charge in [-0.2, -0.15) is 13.2 Å². The van der Waals surface area contributed by atoms with Gasteiger partial charge in [-0.1, -0.05) is 41.5 Å². The van der Waals surface area contributed by atoms with E-state index >= 15 is 0 Å². The summed E-state index contributed by atoms with van der Waals surface area (Å²) < 4.78 is 39.1. The van der Waals surface area contributed by atoms with Gasteiger partial charge in [0.05, 0.1) is 6.04 Å². The van der Waals surface area contributed by atoms with Gasteiger partial charge in [0, 0.05) is 25.6 Å². The molecule has 0 aromatic heterocycles. The van der Waals surface area contributed by atoms with Crippen molar-refractivity contribution in [2.24, 2.45) is 16.7 Å². The molecule has 11 nitrogen and oxygen atoms in total. The van der Waals surface area contributed by atoms with Gasteiger partial charge in [0.1, 0.15) is 12.1 Å². The SMILES string of the molecule is CN(C(=O)[C@@H](NC(=O)C(F)(F)F)C(C)(C)C)[C@@H](CC(C)(C)C)C(=O)NC(C[C@@H]1CCNC1=O)C(O)C(=O)NC1CC1. The molecular weight excluding hydrogens is 547 g/mol. The highest BCUT2D eigenvalue weighted by Gasteiger charge is 2.46. The molecule has 1 aliphatic carbocycles. The Morgan fingerprint density at radius 2 is 1.59 bits per heavy atom. The van der Waals surface area contributed by atoms with Crippen LogP contribution in [0.5, 0.6) is 0 Å². The second-order valence-corrected chi connectivity index (χ2v) is 13.4. The third kappa shape index (κ3) is 10.2. The molecule has 41 heavy (non-hydrogen) atoms. The highest BCUT2D eigenvalue weighted by atomic mass is 19.4. The van der Waals surface area contributed by atoms with Crippen LogP contribution in [0.25, 0.3) is 0 Å². The van der Waals surface area contributed by atoms with Crippen LogP contribution in [0.4, 0.5) is 13.2 Å². The van der Waals surface area contributed by atoms with Crippen LogP contribution in [0.1, 0.15) is 73.6 Å². The number of rotatable bonds is 11. The second-order valence-electron chi connectivity index (χ2n) is 13.4. The zero-order chi connectivity index (χ0) is 31.5. The highest BCUT2D eigenvalue weighted by Crippen LogP contribution is 2.28. The van der Waals surface area contributed by atoms with Crippen LogP contribution in [-0.2, 0) is 24.0 Å². The Balaban J connectivity index is 2.35. The van der Waals surface area contributed by atoms with Crippen LogP contribution >= 0.6 is 0 Å². The van der Waals surface area contributed by atoms with Crippen LogP contribution < -0.4 is 21.3 Å². The van der Waals surface area contributed by atoms with Crippen LogP contribution in [0.15, 0.2) is 0 Å². The molecule has 5 amide bonds. The number of carbonyl (C=O) groups is 5. The molecule has 2 aliphatic rings. The van der Waals surface area contributed by atoms with E-state index in [4.69, 9.17) is 0 Å². The molecule has 5 N–H and O–H groups in total. The summed E-state index contributed by atoms with van der Waals surface area (Å²) in [6.45, 7) is 10.3. The topological polar surface area (TPSA) is 157 Å². The van der Waals surface area contributed by atoms with Crippen molar-refractivity contribution in [1.29, 1.82) is 0 Å². The van der Waals surface area contributed by atoms with Gasteiger partial charge in [-0.3, -0.25) is 24.0 Å². The van der Waals surface area contributed by atoms with E-state index in [1.54, 1.807) is 26.1 Å². The molecule has 2 fully saturated rings. The van der Waals surface area contributed by atoms with Gasteiger partial charge in [-0.25, -0.2) is 0 Å². The Bertz CT molecular complexity index is 1000. The number of carbonyl (C=O) groups excluding carboxylic acids is 5. The second kappa shape index (κ2) is 13.0. The first-order chi connectivity index (χ1) is 18.6. The fourth-order valence-corrected chi connectivity index (χ4v) is 4.62. The van der Waals surface area contributed by atoms with Gasteiger partial charge >= 0.3 is 12.1 Å². The first-order valence-electron chi connectivity index (χ1n) is 13.8. The Morgan fingerprint density at radius 1 is 1.00 bits per heavy atom. The van der Waals surface area contributed by atoms with Gasteiger partial charge in [0.15, 0.2) is 6.10 Å². The quantitative estimate of drug-likeness (QED) is 0.241. The summed E-state index contributed by atoms with van der Waals surface area (Å²) in [6, 6.07) is -4.11. The summed E-state index contributed by atoms with van der Waals surface area (Å²) in [5.41, 5.74) is -1.70. The van der Waals surface area contributed by atoms with Crippen molar-refractivity contribution >= 4 is 29.5 Å². The largest absolute Gasteiger partial charge is 0.471 e. The number of hydrogen-bond donors (Lipinski definition) is 5. The summed E-state index contributed by atoms with van der Waals surface area (Å²) in [5, 5.41) is 20.7. The minimum absolute atomic E-state index is 0.0387. The maximum Gasteiger partial charge on any atom is 0.471 e. The van der Waals surface area contributed by atoms with E-state index in [2.05, 4.69) is 16.0 Å². The summed E-state index contributed by atoms with van der Waals surface area (Å²) in [7, 11) is 1.26. The van der Waals surface area contributed by atoms with E-state index in [-0.39, 0.29) is 24.8 Å². The van der Waals surface area contributed by atoms with E-state index in [1.165, 1.54) is 27.8 Å². The molecule has 1 saturated carbocycles. The van der Waals surface area contributed by atoms with E-state index < -0.39 is 70.8 Å². The lowest BCUT2D eigenvalue weighted by Gasteiger charge is -2.39. The molecule has 1 heterocycles. The number of halogens is 3. The van der Waals surface area contributed by atoms with Crippen molar-refractivity contribution in [1.82, 2.24) is 26.2 Å². The third-order valence-corrected chi connectivity index (χ3v) is 7.17. The van der Waals surface area contributed by atoms with Crippen molar-refractivity contribution < 1.29 is 42.3 Å². The summed E-state index contributed by atoms with van der Waals surface area (Å²) in [6.07, 6.45) is -4.91. The maximum absolute atomic E-state index is 13.7. The van der Waals surface area contributed by atoms with Gasteiger partial charge in [-0.15, -0.1) is 0 Å². The third-order valence-electron chi connectivity index (χ3n) is 7.17. The molecule has 0 aromatic carbocycles. The molecule has 0 radical (unpaired) electrons. The number of aliphatic hydroxyl groups is 1. The zero-order valence-electron chi connectivity index (χ0n) is 24.8. The number of nitrogens with one attached hydrogen (secondary N) is 4. The minimum atomic E-state index is -5.22. The van der Waals surface area contributed by atoms with Gasteiger partial charge in [0.25, 0.3) is 5.91 Å². The highest BCUT2D eigenvalue weighted by molar-refractivity contribution is 5.94. The Hall–Kier alpha value is -2.90. The number of nitrogens with zero attached hydrogens (tertiary/aromatic N) is 1. The van der Waals surface area contributed by atoms with E-state index in [9.17, 15) is 42.3 Å². The normalized spacial score (nSPS) is 20.8. The van der Waals surface area contributed by atoms with Crippen molar-refractivity contribution in [3.8, 4) is 0 Å². The fourth-order valence-electron chi connectivity index (χ4n) is 4.62. The van der Waals surface area contributed by atoms with Crippen molar-refractivity contribution in [3.05, 3.63) is 0 Å². The molecular formula is C27H44F3N5O6. The van der Waals surface area contributed by atoms with E-state index in [0.29, 0.717) is 13.0 Å². The van der Waals surface area contributed by atoms with E-state index in [0.717, 1.165) is 17.7 Å². The van der Waals surface area contributed by atoms with Crippen LogP contribution in [-0.4, -0.2) is 89.6 Å². The summed E-state index contributed by atoms with van der Waals surface area (Å²) in [4.78, 5) is 65.0. The first-order valence-corrected chi connectivity index (χ1v) is 13.8. The van der Waals surface area contributed by atoms with Crippen molar-refractivity contribution in [2.75, 3.05) is 13.6 Å². The monoisotopic (exact) mass is 591 g/mol. The molecule has 1 aliphatic heterocycles. The lowest BCUT2D eigenvalue weighted by atomic mass is 9.83. The molecule has 1 saturated heterocycles. The Kier molecular flexibility index (Phi) is 10.8. The number of alkyl halides is 3. The number of likely N-dealkylation sites (N-methyl/N-ethyl adjacent to an activating group) is 1. The average molecular weight is 592 g/mol. The van der Waals surface area contributed by atoms with Gasteiger partial charge in [-0.05, 0) is 42.9 Å². The summed E-state index contributed by atoms with van der Waals surface area (Å²) >= 11 is 0. The fraction of sp³-hybridized carbons (Fsp3) is 0.815. The zero-order valence-corrected chi connectivity index (χ0v) is 24.8. The predicted octanol–water partition coefficient (Wildman–Crippen LogP) is 0.993. The molecule has 5 atom stereocenters. The lowest BCUT2D eigenvalue weighted by Crippen LogP contribution is -2.61. The van der Waals surface area contributed by atoms with Crippen LogP contribution in [0.3, 0.4) is 0 Å². The van der Waals surface area contributed by atoms with Gasteiger partial charge in [0.2, 0.25) is 17.7 Å². The Morgan fingerprint density at radius 3 is 2.02 bits per heavy atom. The maximum atomic E-state index is 13.7. The van der Waals surface area contributed by atoms with E-state index in [1.807, 2.05) is 0 Å². The van der Waals surface area contributed by atoms with Crippen LogP contribution in [0.2, 0.25) is 0 Å². The molecule has 14 heteroatoms. The van der Waals surface area contributed by atoms with Crippen molar-refractivity contribution in [2.45, 2.75) is 110 Å². The average Bonchev–Trinajstić information content (AvgIpc) is 3.55. The van der Waals surface area contributed by atoms with Crippen LogP contribution in [0, 0.1) is 16.7 Å². The molecule has 0 aromatic rings. The molecule has 234 valence electrons. The Labute approximate surface area is 238 Å². The molecule has 0 bridgehead atoms. The van der Waals surface area contributed by atoms with Crippen molar-refractivity contribution in [3.63, 3.8) is 0 Å². The predicted molar refractivity (Wildman–Crippen MR) is 143 cm³/mol. The number of aliphatic hydroxyl groups excluding tert-OH is 1. The summed E-state index contributed by atoms with van der Waals surface area (Å²) in [5.74, 6) is -5.49. The molecule has 2 unspecified atom stereocenters.